The summed E-state index contributed by atoms with van der Waals surface area (Å²) < 4.78 is 13.0. The standard InChI is InChI=1S/C32H33N3O3/c1-35-20-24(12-13-29(35)36)32-30(27-6-3-4-9-28(27)38-17-16-37-2)25-7-5-8-26(25)31(34-32)22-10-11-23-19-33-15-14-21(23)18-22/h3-4,6,9-13,18,20,33H,5,7-8,14-17,19H2,1-2H3. The number of aromatic nitrogens is 2. The molecule has 6 heteroatoms. The second-order valence-electron chi connectivity index (χ2n) is 10.1. The average molecular weight is 508 g/mol. The van der Waals surface area contributed by atoms with Crippen LogP contribution in [0.4, 0.5) is 0 Å². The fourth-order valence-corrected chi connectivity index (χ4v) is 5.79. The molecule has 4 aromatic rings. The first-order chi connectivity index (χ1) is 18.6. The Balaban J connectivity index is 1.60. The molecule has 2 aromatic heterocycles. The Kier molecular flexibility index (Phi) is 6.83. The van der Waals surface area contributed by atoms with E-state index in [0.717, 1.165) is 72.6 Å². The third-order valence-electron chi connectivity index (χ3n) is 7.69. The van der Waals surface area contributed by atoms with Crippen LogP contribution in [0.3, 0.4) is 0 Å². The lowest BCUT2D eigenvalue weighted by molar-refractivity contribution is 0.146. The van der Waals surface area contributed by atoms with Crippen molar-refractivity contribution >= 4 is 0 Å². The number of fused-ring (bicyclic) bond motifs is 2. The molecule has 0 amide bonds. The molecular formula is C32H33N3O3. The lowest BCUT2D eigenvalue weighted by atomic mass is 9.89. The van der Waals surface area contributed by atoms with Crippen LogP contribution in [0.2, 0.25) is 0 Å². The smallest absolute Gasteiger partial charge is 0.250 e. The predicted octanol–water partition coefficient (Wildman–Crippen LogP) is 4.94. The van der Waals surface area contributed by atoms with E-state index in [9.17, 15) is 4.79 Å². The number of nitrogens with one attached hydrogen (secondary N) is 1. The monoisotopic (exact) mass is 507 g/mol. The molecule has 0 fully saturated rings. The fraction of sp³-hybridized carbons (Fsp3) is 0.312. The summed E-state index contributed by atoms with van der Waals surface area (Å²) >= 11 is 0. The fourth-order valence-electron chi connectivity index (χ4n) is 5.79. The van der Waals surface area contributed by atoms with Crippen LogP contribution in [0.25, 0.3) is 33.6 Å². The lowest BCUT2D eigenvalue weighted by Gasteiger charge is -2.22. The molecule has 0 radical (unpaired) electrons. The van der Waals surface area contributed by atoms with Crippen LogP contribution in [-0.2, 0) is 37.6 Å². The third-order valence-corrected chi connectivity index (χ3v) is 7.69. The van der Waals surface area contributed by atoms with Gasteiger partial charge >= 0.3 is 0 Å². The number of benzene rings is 2. The van der Waals surface area contributed by atoms with Gasteiger partial charge in [-0.3, -0.25) is 4.79 Å². The Morgan fingerprint density at radius 2 is 1.76 bits per heavy atom. The van der Waals surface area contributed by atoms with Gasteiger partial charge in [-0.2, -0.15) is 0 Å². The van der Waals surface area contributed by atoms with Crippen LogP contribution in [-0.4, -0.2) is 36.4 Å². The molecule has 1 N–H and O–H groups in total. The molecule has 2 aromatic carbocycles. The maximum absolute atomic E-state index is 12.3. The Morgan fingerprint density at radius 1 is 0.921 bits per heavy atom. The molecule has 6 rings (SSSR count). The summed E-state index contributed by atoms with van der Waals surface area (Å²) in [5.41, 5.74) is 11.6. The van der Waals surface area contributed by atoms with Gasteiger partial charge in [0.1, 0.15) is 12.4 Å². The highest BCUT2D eigenvalue weighted by atomic mass is 16.5. The number of hydrogen-bond donors (Lipinski definition) is 1. The molecule has 1 aliphatic carbocycles. The summed E-state index contributed by atoms with van der Waals surface area (Å²) in [7, 11) is 3.47. The first-order valence-corrected chi connectivity index (χ1v) is 13.4. The Labute approximate surface area is 223 Å². The normalized spacial score (nSPS) is 14.3. The van der Waals surface area contributed by atoms with Gasteiger partial charge in [0.25, 0.3) is 0 Å². The van der Waals surface area contributed by atoms with E-state index in [2.05, 4.69) is 35.6 Å². The first-order valence-electron chi connectivity index (χ1n) is 13.4. The first kappa shape index (κ1) is 24.6. The molecule has 0 bridgehead atoms. The summed E-state index contributed by atoms with van der Waals surface area (Å²) in [6, 6.07) is 18.5. The van der Waals surface area contributed by atoms with Crippen LogP contribution < -0.4 is 15.6 Å². The van der Waals surface area contributed by atoms with Crippen LogP contribution in [0, 0.1) is 0 Å². The highest BCUT2D eigenvalue weighted by Gasteiger charge is 2.27. The summed E-state index contributed by atoms with van der Waals surface area (Å²) in [6.07, 6.45) is 6.01. The van der Waals surface area contributed by atoms with Crippen molar-refractivity contribution in [3.8, 4) is 39.4 Å². The zero-order chi connectivity index (χ0) is 26.1. The molecule has 0 spiro atoms. The minimum Gasteiger partial charge on any atom is -0.491 e. The van der Waals surface area contributed by atoms with Crippen LogP contribution in [0.5, 0.6) is 5.75 Å². The second-order valence-corrected chi connectivity index (χ2v) is 10.1. The molecule has 1 aliphatic heterocycles. The van der Waals surface area contributed by atoms with Crippen molar-refractivity contribution in [2.24, 2.45) is 7.05 Å². The number of ether oxygens (including phenoxy) is 2. The van der Waals surface area contributed by atoms with E-state index < -0.39 is 0 Å². The van der Waals surface area contributed by atoms with Gasteiger partial charge < -0.3 is 19.4 Å². The molecule has 38 heavy (non-hydrogen) atoms. The number of hydrogen-bond acceptors (Lipinski definition) is 5. The van der Waals surface area contributed by atoms with Crippen molar-refractivity contribution in [1.82, 2.24) is 14.9 Å². The number of nitrogens with zero attached hydrogens (tertiary/aromatic N) is 2. The molecule has 6 nitrogen and oxygen atoms in total. The van der Waals surface area contributed by atoms with Gasteiger partial charge in [-0.25, -0.2) is 4.98 Å². The molecular weight excluding hydrogens is 474 g/mol. The third kappa shape index (κ3) is 4.55. The van der Waals surface area contributed by atoms with Crippen molar-refractivity contribution in [1.29, 1.82) is 0 Å². The van der Waals surface area contributed by atoms with Gasteiger partial charge in [-0.1, -0.05) is 30.3 Å². The quantitative estimate of drug-likeness (QED) is 0.359. The van der Waals surface area contributed by atoms with Gasteiger partial charge in [-0.15, -0.1) is 0 Å². The zero-order valence-electron chi connectivity index (χ0n) is 22.0. The molecule has 0 unspecified atom stereocenters. The van der Waals surface area contributed by atoms with Crippen molar-refractivity contribution in [3.05, 3.63) is 93.4 Å². The Hall–Kier alpha value is -3.74. The highest BCUT2D eigenvalue weighted by molar-refractivity contribution is 5.89. The molecule has 2 aliphatic rings. The van der Waals surface area contributed by atoms with Gasteiger partial charge in [0.15, 0.2) is 0 Å². The minimum absolute atomic E-state index is 0.0386. The van der Waals surface area contributed by atoms with Crippen LogP contribution in [0.15, 0.2) is 65.6 Å². The summed E-state index contributed by atoms with van der Waals surface area (Å²) in [4.78, 5) is 17.7. The Morgan fingerprint density at radius 3 is 2.63 bits per heavy atom. The van der Waals surface area contributed by atoms with Crippen molar-refractivity contribution < 1.29 is 9.47 Å². The number of pyridine rings is 2. The van der Waals surface area contributed by atoms with E-state index in [0.29, 0.717) is 13.2 Å². The predicted molar refractivity (Wildman–Crippen MR) is 151 cm³/mol. The van der Waals surface area contributed by atoms with E-state index in [4.69, 9.17) is 14.5 Å². The van der Waals surface area contributed by atoms with E-state index in [1.165, 1.54) is 27.8 Å². The van der Waals surface area contributed by atoms with Gasteiger partial charge in [0.05, 0.1) is 18.0 Å². The van der Waals surface area contributed by atoms with Crippen LogP contribution in [0.1, 0.15) is 28.7 Å². The number of para-hydroxylation sites is 1. The van der Waals surface area contributed by atoms with E-state index in [1.807, 2.05) is 24.4 Å². The number of aryl methyl sites for hydroxylation is 1. The van der Waals surface area contributed by atoms with Crippen LogP contribution >= 0.6 is 0 Å². The average Bonchev–Trinajstić information content (AvgIpc) is 3.44. The maximum atomic E-state index is 12.3. The number of methoxy groups -OCH3 is 1. The second kappa shape index (κ2) is 10.6. The SMILES string of the molecule is COCCOc1ccccc1-c1c(-c2ccc(=O)n(C)c2)nc(-c2ccc3c(c2)CCNC3)c2c1CCC2. The molecule has 0 atom stereocenters. The van der Waals surface area contributed by atoms with Crippen molar-refractivity contribution in [2.45, 2.75) is 32.2 Å². The zero-order valence-corrected chi connectivity index (χ0v) is 22.0. The summed E-state index contributed by atoms with van der Waals surface area (Å²) in [5, 5.41) is 3.47. The molecule has 0 saturated heterocycles. The van der Waals surface area contributed by atoms with E-state index in [-0.39, 0.29) is 5.56 Å². The van der Waals surface area contributed by atoms with E-state index in [1.54, 1.807) is 24.8 Å². The molecule has 3 heterocycles. The van der Waals surface area contributed by atoms with Crippen molar-refractivity contribution in [2.75, 3.05) is 26.9 Å². The topological polar surface area (TPSA) is 65.4 Å². The largest absolute Gasteiger partial charge is 0.491 e. The minimum atomic E-state index is -0.0386. The number of rotatable bonds is 7. The van der Waals surface area contributed by atoms with Gasteiger partial charge in [0, 0.05) is 55.2 Å². The Bertz CT molecular complexity index is 1560. The summed E-state index contributed by atoms with van der Waals surface area (Å²) in [6.45, 7) is 2.92. The van der Waals surface area contributed by atoms with Crippen molar-refractivity contribution in [3.63, 3.8) is 0 Å². The maximum Gasteiger partial charge on any atom is 0.250 e. The molecule has 0 saturated carbocycles. The van der Waals surface area contributed by atoms with Gasteiger partial charge in [-0.05, 0) is 72.7 Å². The lowest BCUT2D eigenvalue weighted by Crippen LogP contribution is -2.23. The molecule has 194 valence electrons. The highest BCUT2D eigenvalue weighted by Crippen LogP contribution is 2.45. The van der Waals surface area contributed by atoms with E-state index >= 15 is 0 Å². The summed E-state index contributed by atoms with van der Waals surface area (Å²) in [5.74, 6) is 0.820. The van der Waals surface area contributed by atoms with Gasteiger partial charge in [0.2, 0.25) is 5.56 Å².